The fraction of sp³-hybridized carbons (Fsp3) is 0.562. The van der Waals surface area contributed by atoms with Gasteiger partial charge in [-0.2, -0.15) is 13.2 Å². The van der Waals surface area contributed by atoms with Gasteiger partial charge in [0.1, 0.15) is 0 Å². The molecule has 2 amide bonds. The van der Waals surface area contributed by atoms with Gasteiger partial charge in [-0.15, -0.1) is 11.8 Å². The quantitative estimate of drug-likeness (QED) is 0.230. The predicted molar refractivity (Wildman–Crippen MR) is 166 cm³/mol. The van der Waals surface area contributed by atoms with Crippen molar-refractivity contribution in [3.63, 3.8) is 0 Å². The number of nitrogens with zero attached hydrogens (tertiary/aromatic N) is 1. The molecule has 1 saturated carbocycles. The van der Waals surface area contributed by atoms with E-state index in [1.807, 2.05) is 6.26 Å². The Hall–Kier alpha value is -2.76. The maximum absolute atomic E-state index is 13.5. The molecule has 2 aromatic rings. The number of hydrogen-bond donors (Lipinski definition) is 4. The molecule has 2 aliphatic rings. The molecule has 0 bridgehead atoms. The van der Waals surface area contributed by atoms with E-state index in [0.717, 1.165) is 75.7 Å². The Balaban J connectivity index is 1.39. The summed E-state index contributed by atoms with van der Waals surface area (Å²) in [6.07, 6.45) is 4.34. The average molecular weight is 620 g/mol. The number of amides is 2. The number of carbonyl (C=O) groups excluding carboxylic acids is 2. The summed E-state index contributed by atoms with van der Waals surface area (Å²) in [6, 6.07) is 11.5. The molecule has 7 nitrogen and oxygen atoms in total. The van der Waals surface area contributed by atoms with Crippen LogP contribution in [-0.2, 0) is 17.5 Å². The van der Waals surface area contributed by atoms with Gasteiger partial charge in [0.2, 0.25) is 5.91 Å². The highest BCUT2D eigenvalue weighted by Crippen LogP contribution is 2.33. The van der Waals surface area contributed by atoms with Crippen LogP contribution in [0.3, 0.4) is 0 Å². The van der Waals surface area contributed by atoms with Crippen LogP contribution >= 0.6 is 11.8 Å². The summed E-state index contributed by atoms with van der Waals surface area (Å²) in [5, 5.41) is 12.5. The number of rotatable bonds is 12. The van der Waals surface area contributed by atoms with E-state index in [1.54, 1.807) is 11.8 Å². The Morgan fingerprint density at radius 2 is 1.74 bits per heavy atom. The lowest BCUT2D eigenvalue weighted by atomic mass is 9.95. The van der Waals surface area contributed by atoms with Gasteiger partial charge in [0.25, 0.3) is 5.91 Å². The second-order valence-corrected chi connectivity index (χ2v) is 12.4. The minimum absolute atomic E-state index is 0.0442. The standard InChI is InChI=1S/C32H44F3N5O2S/c1-3-16-40-17-15-28(36-19-22-9-12-25(43-2)13-10-22)29(21-40)39-30(41)20-37-31(42)26-18-23(32(33,34)35)11-14-27(26)38-24-7-5-4-6-8-24/h9-14,18,24,28-29,36,38H,3-8,15-17,19-21H2,1-2H3,(H,37,42)(H,39,41). The van der Waals surface area contributed by atoms with Crippen molar-refractivity contribution >= 4 is 29.3 Å². The van der Waals surface area contributed by atoms with E-state index in [9.17, 15) is 22.8 Å². The molecule has 1 saturated heterocycles. The van der Waals surface area contributed by atoms with Crippen LogP contribution in [-0.4, -0.2) is 67.3 Å². The molecule has 4 N–H and O–H groups in total. The minimum atomic E-state index is -4.58. The molecule has 1 aliphatic carbocycles. The number of benzene rings is 2. The Kier molecular flexibility index (Phi) is 12.2. The van der Waals surface area contributed by atoms with Gasteiger partial charge in [-0.3, -0.25) is 9.59 Å². The lowest BCUT2D eigenvalue weighted by Crippen LogP contribution is -2.60. The van der Waals surface area contributed by atoms with Crippen molar-refractivity contribution in [1.82, 2.24) is 20.9 Å². The van der Waals surface area contributed by atoms with E-state index in [0.29, 0.717) is 18.8 Å². The number of carbonyl (C=O) groups is 2. The summed E-state index contributed by atoms with van der Waals surface area (Å²) in [4.78, 5) is 29.7. The van der Waals surface area contributed by atoms with Gasteiger partial charge in [0, 0.05) is 35.8 Å². The van der Waals surface area contributed by atoms with Crippen molar-refractivity contribution in [1.29, 1.82) is 0 Å². The Morgan fingerprint density at radius 1 is 1.00 bits per heavy atom. The van der Waals surface area contributed by atoms with Crippen molar-refractivity contribution in [3.05, 3.63) is 59.2 Å². The summed E-state index contributed by atoms with van der Waals surface area (Å²) in [5.74, 6) is -1.08. The van der Waals surface area contributed by atoms with Crippen LogP contribution in [0.2, 0.25) is 0 Å². The van der Waals surface area contributed by atoms with Crippen molar-refractivity contribution in [3.8, 4) is 0 Å². The second-order valence-electron chi connectivity index (χ2n) is 11.5. The maximum Gasteiger partial charge on any atom is 0.416 e. The van der Waals surface area contributed by atoms with Gasteiger partial charge in [-0.25, -0.2) is 0 Å². The highest BCUT2D eigenvalue weighted by molar-refractivity contribution is 7.98. The van der Waals surface area contributed by atoms with Crippen molar-refractivity contribution in [2.75, 3.05) is 37.8 Å². The number of halogens is 3. The molecule has 11 heteroatoms. The minimum Gasteiger partial charge on any atom is -0.382 e. The Bertz CT molecular complexity index is 1200. The summed E-state index contributed by atoms with van der Waals surface area (Å²) in [6.45, 7) is 4.99. The molecule has 0 radical (unpaired) electrons. The molecule has 4 rings (SSSR count). The van der Waals surface area contributed by atoms with Gasteiger partial charge in [0.15, 0.2) is 0 Å². The summed E-state index contributed by atoms with van der Waals surface area (Å²) >= 11 is 1.69. The SMILES string of the molecule is CCCN1CCC(NCc2ccc(SC)cc2)C(NC(=O)CNC(=O)c2cc(C(F)(F)F)ccc2NC2CCCCC2)C1. The first-order valence-corrected chi connectivity index (χ1v) is 16.5. The summed E-state index contributed by atoms with van der Waals surface area (Å²) < 4.78 is 40.5. The molecule has 2 aromatic carbocycles. The van der Waals surface area contributed by atoms with E-state index in [4.69, 9.17) is 0 Å². The van der Waals surface area contributed by atoms with Crippen molar-refractivity contribution < 1.29 is 22.8 Å². The van der Waals surface area contributed by atoms with Gasteiger partial charge in [-0.1, -0.05) is 38.3 Å². The smallest absolute Gasteiger partial charge is 0.382 e. The highest BCUT2D eigenvalue weighted by atomic mass is 32.2. The molecule has 2 unspecified atom stereocenters. The molecule has 2 fully saturated rings. The van der Waals surface area contributed by atoms with E-state index in [-0.39, 0.29) is 36.1 Å². The maximum atomic E-state index is 13.5. The van der Waals surface area contributed by atoms with E-state index in [1.165, 1.54) is 11.0 Å². The zero-order valence-electron chi connectivity index (χ0n) is 25.1. The summed E-state index contributed by atoms with van der Waals surface area (Å²) in [7, 11) is 0. The van der Waals surface area contributed by atoms with Crippen LogP contribution in [0.5, 0.6) is 0 Å². The zero-order chi connectivity index (χ0) is 30.8. The van der Waals surface area contributed by atoms with Crippen LogP contribution in [0, 0.1) is 0 Å². The normalized spacial score (nSPS) is 20.0. The van der Waals surface area contributed by atoms with E-state index >= 15 is 0 Å². The number of likely N-dealkylation sites (tertiary alicyclic amines) is 1. The molecule has 1 heterocycles. The van der Waals surface area contributed by atoms with E-state index in [2.05, 4.69) is 57.4 Å². The number of nitrogens with one attached hydrogen (secondary N) is 4. The Labute approximate surface area is 257 Å². The van der Waals surface area contributed by atoms with E-state index < -0.39 is 17.6 Å². The number of alkyl halides is 3. The molecule has 236 valence electrons. The third kappa shape index (κ3) is 9.87. The number of thioether (sulfide) groups is 1. The lowest BCUT2D eigenvalue weighted by molar-refractivity contribution is -0.137. The van der Waals surface area contributed by atoms with Crippen molar-refractivity contribution in [2.45, 2.75) is 87.6 Å². The third-order valence-electron chi connectivity index (χ3n) is 8.28. The van der Waals surface area contributed by atoms with Crippen LogP contribution in [0.4, 0.5) is 18.9 Å². The molecular weight excluding hydrogens is 575 g/mol. The van der Waals surface area contributed by atoms with Gasteiger partial charge in [0.05, 0.1) is 23.7 Å². The number of hydrogen-bond acceptors (Lipinski definition) is 6. The lowest BCUT2D eigenvalue weighted by Gasteiger charge is -2.39. The van der Waals surface area contributed by atoms with Gasteiger partial charge >= 0.3 is 6.18 Å². The van der Waals surface area contributed by atoms with Crippen LogP contribution in [0.1, 0.15) is 73.4 Å². The number of anilines is 1. The molecule has 0 aromatic heterocycles. The molecule has 1 aliphatic heterocycles. The second kappa shape index (κ2) is 15.8. The van der Waals surface area contributed by atoms with Crippen LogP contribution < -0.4 is 21.3 Å². The monoisotopic (exact) mass is 619 g/mol. The Morgan fingerprint density at radius 3 is 2.42 bits per heavy atom. The average Bonchev–Trinajstić information content (AvgIpc) is 3.00. The van der Waals surface area contributed by atoms with Crippen molar-refractivity contribution in [2.24, 2.45) is 0 Å². The van der Waals surface area contributed by atoms with Gasteiger partial charge in [-0.05, 0) is 80.9 Å². The molecule has 0 spiro atoms. The largest absolute Gasteiger partial charge is 0.416 e. The van der Waals surface area contributed by atoms with Crippen LogP contribution in [0.25, 0.3) is 0 Å². The molecule has 2 atom stereocenters. The summed E-state index contributed by atoms with van der Waals surface area (Å²) in [5.41, 5.74) is 0.513. The third-order valence-corrected chi connectivity index (χ3v) is 9.02. The highest BCUT2D eigenvalue weighted by Gasteiger charge is 2.33. The first kappa shape index (κ1) is 33.1. The van der Waals surface area contributed by atoms with Gasteiger partial charge < -0.3 is 26.2 Å². The molecule has 43 heavy (non-hydrogen) atoms. The molecular formula is C32H44F3N5O2S. The number of piperidine rings is 1. The topological polar surface area (TPSA) is 85.5 Å². The zero-order valence-corrected chi connectivity index (χ0v) is 25.9. The first-order valence-electron chi connectivity index (χ1n) is 15.3. The predicted octanol–water partition coefficient (Wildman–Crippen LogP) is 5.66. The van der Waals surface area contributed by atoms with Crippen LogP contribution in [0.15, 0.2) is 47.4 Å². The first-order chi connectivity index (χ1) is 20.7. The fourth-order valence-corrected chi connectivity index (χ4v) is 6.34. The fourth-order valence-electron chi connectivity index (χ4n) is 5.94.